The van der Waals surface area contributed by atoms with Gasteiger partial charge in [-0.25, -0.2) is 18.9 Å². The van der Waals surface area contributed by atoms with Crippen molar-refractivity contribution in [2.24, 2.45) is 0 Å². The van der Waals surface area contributed by atoms with Crippen molar-refractivity contribution in [3.63, 3.8) is 0 Å². The second kappa shape index (κ2) is 8.08. The van der Waals surface area contributed by atoms with E-state index in [1.165, 1.54) is 9.08 Å². The van der Waals surface area contributed by atoms with Gasteiger partial charge in [-0.2, -0.15) is 0 Å². The number of para-hydroxylation sites is 2. The van der Waals surface area contributed by atoms with Gasteiger partial charge in [0, 0.05) is 18.8 Å². The highest BCUT2D eigenvalue weighted by Gasteiger charge is 2.22. The molecule has 1 aliphatic heterocycles. The van der Waals surface area contributed by atoms with Crippen molar-refractivity contribution in [3.05, 3.63) is 64.1 Å². The maximum Gasteiger partial charge on any atom is 0.351 e. The molecule has 0 atom stereocenters. The average molecular weight is 432 g/mol. The topological polar surface area (TPSA) is 93.8 Å². The van der Waals surface area contributed by atoms with Crippen molar-refractivity contribution in [1.29, 1.82) is 0 Å². The van der Waals surface area contributed by atoms with Crippen molar-refractivity contribution in [3.8, 4) is 0 Å². The van der Waals surface area contributed by atoms with E-state index in [1.807, 2.05) is 56.3 Å². The summed E-state index contributed by atoms with van der Waals surface area (Å²) >= 11 is 0. The number of amides is 1. The van der Waals surface area contributed by atoms with Crippen LogP contribution in [0.15, 0.2) is 47.3 Å². The van der Waals surface area contributed by atoms with Crippen LogP contribution < -0.4 is 15.9 Å². The van der Waals surface area contributed by atoms with Crippen LogP contribution in [0.2, 0.25) is 0 Å². The van der Waals surface area contributed by atoms with E-state index in [4.69, 9.17) is 9.72 Å². The van der Waals surface area contributed by atoms with Gasteiger partial charge in [0.05, 0.1) is 24.2 Å². The quantitative estimate of drug-likeness (QED) is 0.531. The van der Waals surface area contributed by atoms with Gasteiger partial charge in [-0.3, -0.25) is 4.79 Å². The molecule has 1 fully saturated rings. The van der Waals surface area contributed by atoms with Gasteiger partial charge in [0.15, 0.2) is 5.82 Å². The molecule has 2 aromatic heterocycles. The first-order valence-electron chi connectivity index (χ1n) is 10.6. The summed E-state index contributed by atoms with van der Waals surface area (Å²) in [5, 5.41) is 7.37. The number of nitrogens with zero attached hydrogens (tertiary/aromatic N) is 5. The molecule has 1 saturated heterocycles. The van der Waals surface area contributed by atoms with E-state index in [0.717, 1.165) is 11.1 Å². The minimum atomic E-state index is -0.372. The summed E-state index contributed by atoms with van der Waals surface area (Å²) in [6.45, 7) is 6.31. The van der Waals surface area contributed by atoms with E-state index in [2.05, 4.69) is 15.3 Å². The lowest BCUT2D eigenvalue weighted by atomic mass is 10.1. The van der Waals surface area contributed by atoms with Crippen molar-refractivity contribution in [2.45, 2.75) is 20.4 Å². The molecule has 5 rings (SSSR count). The van der Waals surface area contributed by atoms with Gasteiger partial charge < -0.3 is 15.0 Å². The molecule has 0 spiro atoms. The van der Waals surface area contributed by atoms with E-state index in [1.54, 1.807) is 0 Å². The maximum absolute atomic E-state index is 13.3. The Bertz CT molecular complexity index is 1380. The lowest BCUT2D eigenvalue weighted by Crippen LogP contribution is -2.37. The zero-order valence-electron chi connectivity index (χ0n) is 18.0. The highest BCUT2D eigenvalue weighted by molar-refractivity contribution is 5.90. The minimum Gasteiger partial charge on any atom is -0.378 e. The van der Waals surface area contributed by atoms with Gasteiger partial charge in [0.25, 0.3) is 0 Å². The van der Waals surface area contributed by atoms with Gasteiger partial charge in [-0.05, 0) is 49.2 Å². The van der Waals surface area contributed by atoms with Crippen molar-refractivity contribution in [2.75, 3.05) is 36.5 Å². The predicted molar refractivity (Wildman–Crippen MR) is 122 cm³/mol. The number of rotatable bonds is 4. The van der Waals surface area contributed by atoms with Crippen LogP contribution in [0.3, 0.4) is 0 Å². The third-order valence-corrected chi connectivity index (χ3v) is 5.78. The Hall–Kier alpha value is -3.72. The maximum atomic E-state index is 13.3. The molecule has 0 bridgehead atoms. The van der Waals surface area contributed by atoms with E-state index in [-0.39, 0.29) is 18.1 Å². The molecule has 9 nitrogen and oxygen atoms in total. The molecule has 32 heavy (non-hydrogen) atoms. The fraction of sp³-hybridized carbons (Fsp3) is 0.304. The molecule has 2 aromatic carbocycles. The van der Waals surface area contributed by atoms with Gasteiger partial charge >= 0.3 is 5.69 Å². The van der Waals surface area contributed by atoms with Gasteiger partial charge in [0.2, 0.25) is 11.6 Å². The molecule has 0 aliphatic carbocycles. The minimum absolute atomic E-state index is 0.190. The molecule has 1 aliphatic rings. The molecule has 1 N–H and O–H groups in total. The average Bonchev–Trinajstić information content (AvgIpc) is 3.12. The zero-order chi connectivity index (χ0) is 22.2. The number of hydrogen-bond acceptors (Lipinski definition) is 6. The molecule has 3 heterocycles. The lowest BCUT2D eigenvalue weighted by molar-refractivity contribution is -0.117. The predicted octanol–water partition coefficient (Wildman–Crippen LogP) is 2.14. The number of hydrogen-bond donors (Lipinski definition) is 1. The summed E-state index contributed by atoms with van der Waals surface area (Å²) in [5.41, 5.74) is 4.34. The highest BCUT2D eigenvalue weighted by atomic mass is 16.5. The molecule has 0 saturated carbocycles. The number of ether oxygens (including phenoxy) is 1. The van der Waals surface area contributed by atoms with Crippen molar-refractivity contribution >= 4 is 34.1 Å². The Morgan fingerprint density at radius 2 is 1.88 bits per heavy atom. The summed E-state index contributed by atoms with van der Waals surface area (Å²) < 4.78 is 8.19. The summed E-state index contributed by atoms with van der Waals surface area (Å²) in [4.78, 5) is 32.8. The first-order chi connectivity index (χ1) is 15.5. The summed E-state index contributed by atoms with van der Waals surface area (Å²) in [6.07, 6.45) is 0. The van der Waals surface area contributed by atoms with Crippen LogP contribution in [0.1, 0.15) is 11.1 Å². The molecule has 0 unspecified atom stereocenters. The van der Waals surface area contributed by atoms with E-state index < -0.39 is 0 Å². The van der Waals surface area contributed by atoms with Gasteiger partial charge in [-0.15, -0.1) is 5.10 Å². The number of benzene rings is 2. The highest BCUT2D eigenvalue weighted by Crippen LogP contribution is 2.23. The zero-order valence-corrected chi connectivity index (χ0v) is 18.0. The lowest BCUT2D eigenvalue weighted by Gasteiger charge is -2.27. The Morgan fingerprint density at radius 3 is 2.66 bits per heavy atom. The van der Waals surface area contributed by atoms with Crippen LogP contribution >= 0.6 is 0 Å². The number of fused-ring (bicyclic) bond motifs is 3. The first-order valence-corrected chi connectivity index (χ1v) is 10.6. The standard InChI is InChI=1S/C23H24N6O3/c1-15-7-8-17(13-16(15)2)24-20(30)14-28-23(31)29-19-6-4-3-5-18(19)25-21(22(29)26-28)27-9-11-32-12-10-27/h3-8,13H,9-12,14H2,1-2H3,(H,24,30). The summed E-state index contributed by atoms with van der Waals surface area (Å²) in [6, 6.07) is 13.2. The fourth-order valence-corrected chi connectivity index (χ4v) is 3.93. The summed E-state index contributed by atoms with van der Waals surface area (Å²) in [5.74, 6) is 0.307. The van der Waals surface area contributed by atoms with E-state index in [9.17, 15) is 9.59 Å². The molecular weight excluding hydrogens is 408 g/mol. The number of aryl methyl sites for hydroxylation is 2. The number of nitrogens with one attached hydrogen (secondary N) is 1. The molecule has 9 heteroatoms. The Labute approximate surface area is 184 Å². The Kier molecular flexibility index (Phi) is 5.10. The Morgan fingerprint density at radius 1 is 1.09 bits per heavy atom. The van der Waals surface area contributed by atoms with E-state index in [0.29, 0.717) is 54.5 Å². The SMILES string of the molecule is Cc1ccc(NC(=O)Cn2nc3c(N4CCOCC4)nc4ccccc4n3c2=O)cc1C. The van der Waals surface area contributed by atoms with Crippen LogP contribution in [-0.4, -0.2) is 51.4 Å². The third-order valence-electron chi connectivity index (χ3n) is 5.78. The van der Waals surface area contributed by atoms with Crippen LogP contribution in [0.4, 0.5) is 11.5 Å². The molecule has 164 valence electrons. The van der Waals surface area contributed by atoms with Gasteiger partial charge in [-0.1, -0.05) is 18.2 Å². The molecule has 0 radical (unpaired) electrons. The van der Waals surface area contributed by atoms with Crippen molar-refractivity contribution < 1.29 is 9.53 Å². The molecular formula is C23H24N6O3. The van der Waals surface area contributed by atoms with Crippen LogP contribution in [-0.2, 0) is 16.1 Å². The number of morpholine rings is 1. The number of anilines is 2. The normalized spacial score (nSPS) is 14.2. The number of carbonyl (C=O) groups is 1. The molecule has 1 amide bonds. The largest absolute Gasteiger partial charge is 0.378 e. The second-order valence-electron chi connectivity index (χ2n) is 7.97. The Balaban J connectivity index is 1.54. The number of aromatic nitrogens is 4. The van der Waals surface area contributed by atoms with Crippen LogP contribution in [0.25, 0.3) is 16.7 Å². The van der Waals surface area contributed by atoms with Crippen LogP contribution in [0.5, 0.6) is 0 Å². The van der Waals surface area contributed by atoms with E-state index >= 15 is 0 Å². The fourth-order valence-electron chi connectivity index (χ4n) is 3.93. The second-order valence-corrected chi connectivity index (χ2v) is 7.97. The number of carbonyl (C=O) groups excluding carboxylic acids is 1. The smallest absolute Gasteiger partial charge is 0.351 e. The van der Waals surface area contributed by atoms with Gasteiger partial charge in [0.1, 0.15) is 6.54 Å². The third kappa shape index (κ3) is 3.60. The van der Waals surface area contributed by atoms with Crippen LogP contribution in [0, 0.1) is 13.8 Å². The first kappa shape index (κ1) is 20.2. The summed E-state index contributed by atoms with van der Waals surface area (Å²) in [7, 11) is 0. The van der Waals surface area contributed by atoms with Crippen molar-refractivity contribution in [1.82, 2.24) is 19.2 Å². The molecule has 4 aromatic rings. The monoisotopic (exact) mass is 432 g/mol.